The number of hydrogen-bond donors (Lipinski definition) is 2. The summed E-state index contributed by atoms with van der Waals surface area (Å²) in [6.45, 7) is 3.16. The number of benzene rings is 1. The number of nitrogens with zero attached hydrogens (tertiary/aromatic N) is 1. The van der Waals surface area contributed by atoms with E-state index in [4.69, 9.17) is 33.0 Å². The van der Waals surface area contributed by atoms with Gasteiger partial charge in [-0.15, -0.1) is 0 Å². The number of carbonyl (C=O) groups excluding carboxylic acids is 1. The molecule has 116 valence electrons. The number of halogens is 2. The standard InChI is InChI=1S/C14H18Cl2N2O3/c1-9-8-21-10(7-19)5-18(9)6-13(20)17-12-4-2-3-11(15)14(12)16/h2-4,9-10,19H,5-8H2,1H3,(H,17,20). The van der Waals surface area contributed by atoms with Crippen LogP contribution < -0.4 is 5.32 Å². The Hall–Kier alpha value is -0.850. The Kier molecular flexibility index (Phi) is 5.84. The normalized spacial score (nSPS) is 23.0. The molecule has 1 aliphatic heterocycles. The molecular weight excluding hydrogens is 315 g/mol. The average molecular weight is 333 g/mol. The molecule has 2 atom stereocenters. The van der Waals surface area contributed by atoms with Crippen molar-refractivity contribution in [3.8, 4) is 0 Å². The van der Waals surface area contributed by atoms with Crippen molar-refractivity contribution >= 4 is 34.8 Å². The first-order valence-electron chi connectivity index (χ1n) is 6.71. The van der Waals surface area contributed by atoms with E-state index in [-0.39, 0.29) is 31.2 Å². The predicted octanol–water partition coefficient (Wildman–Crippen LogP) is 2.01. The molecule has 1 amide bonds. The van der Waals surface area contributed by atoms with Crippen LogP contribution in [0.15, 0.2) is 18.2 Å². The summed E-state index contributed by atoms with van der Waals surface area (Å²) in [5.41, 5.74) is 0.494. The Morgan fingerprint density at radius 2 is 2.29 bits per heavy atom. The molecule has 21 heavy (non-hydrogen) atoms. The molecule has 0 bridgehead atoms. The lowest BCUT2D eigenvalue weighted by molar-refractivity contribution is -0.122. The van der Waals surface area contributed by atoms with Crippen LogP contribution in [0.2, 0.25) is 10.0 Å². The Morgan fingerprint density at radius 3 is 3.00 bits per heavy atom. The number of nitrogens with one attached hydrogen (secondary N) is 1. The van der Waals surface area contributed by atoms with E-state index in [1.54, 1.807) is 18.2 Å². The van der Waals surface area contributed by atoms with Crippen molar-refractivity contribution in [2.24, 2.45) is 0 Å². The summed E-state index contributed by atoms with van der Waals surface area (Å²) in [5, 5.41) is 12.6. The van der Waals surface area contributed by atoms with E-state index < -0.39 is 0 Å². The first-order valence-corrected chi connectivity index (χ1v) is 7.47. The number of morpholine rings is 1. The number of rotatable bonds is 4. The van der Waals surface area contributed by atoms with Crippen LogP contribution in [0.25, 0.3) is 0 Å². The molecule has 1 aromatic rings. The van der Waals surface area contributed by atoms with Crippen LogP contribution in [-0.4, -0.2) is 54.4 Å². The van der Waals surface area contributed by atoms with Crippen LogP contribution in [0.4, 0.5) is 5.69 Å². The van der Waals surface area contributed by atoms with Gasteiger partial charge in [-0.25, -0.2) is 0 Å². The van der Waals surface area contributed by atoms with E-state index in [1.807, 2.05) is 11.8 Å². The molecule has 2 N–H and O–H groups in total. The average Bonchev–Trinajstić information content (AvgIpc) is 2.46. The van der Waals surface area contributed by atoms with Crippen LogP contribution in [-0.2, 0) is 9.53 Å². The van der Waals surface area contributed by atoms with Crippen molar-refractivity contribution in [1.82, 2.24) is 4.90 Å². The van der Waals surface area contributed by atoms with Crippen molar-refractivity contribution in [3.63, 3.8) is 0 Å². The van der Waals surface area contributed by atoms with Gasteiger partial charge >= 0.3 is 0 Å². The van der Waals surface area contributed by atoms with Crippen LogP contribution in [0.3, 0.4) is 0 Å². The fourth-order valence-corrected chi connectivity index (χ4v) is 2.53. The highest BCUT2D eigenvalue weighted by Gasteiger charge is 2.27. The minimum atomic E-state index is -0.247. The highest BCUT2D eigenvalue weighted by atomic mass is 35.5. The summed E-state index contributed by atoms with van der Waals surface area (Å²) in [7, 11) is 0. The summed E-state index contributed by atoms with van der Waals surface area (Å²) < 4.78 is 5.44. The lowest BCUT2D eigenvalue weighted by atomic mass is 10.2. The maximum Gasteiger partial charge on any atom is 0.238 e. The second-order valence-corrected chi connectivity index (χ2v) is 5.85. The number of anilines is 1. The molecule has 1 saturated heterocycles. The highest BCUT2D eigenvalue weighted by molar-refractivity contribution is 6.43. The third-order valence-electron chi connectivity index (χ3n) is 3.41. The number of hydrogen-bond acceptors (Lipinski definition) is 4. The van der Waals surface area contributed by atoms with E-state index in [1.165, 1.54) is 0 Å². The predicted molar refractivity (Wildman–Crippen MR) is 83.0 cm³/mol. The van der Waals surface area contributed by atoms with Gasteiger partial charge in [0.1, 0.15) is 0 Å². The summed E-state index contributed by atoms with van der Waals surface area (Å²) >= 11 is 12.0. The van der Waals surface area contributed by atoms with E-state index in [0.717, 1.165) is 0 Å². The molecule has 0 saturated carbocycles. The largest absolute Gasteiger partial charge is 0.394 e. The van der Waals surface area contributed by atoms with Crippen LogP contribution >= 0.6 is 23.2 Å². The van der Waals surface area contributed by atoms with Gasteiger partial charge in [0.15, 0.2) is 0 Å². The molecule has 0 aromatic heterocycles. The summed E-state index contributed by atoms with van der Waals surface area (Å²) in [6.07, 6.45) is -0.247. The molecule has 0 radical (unpaired) electrons. The molecule has 1 fully saturated rings. The highest BCUT2D eigenvalue weighted by Crippen LogP contribution is 2.29. The van der Waals surface area contributed by atoms with Gasteiger partial charge in [0.2, 0.25) is 5.91 Å². The molecule has 2 unspecified atom stereocenters. The molecule has 0 aliphatic carbocycles. The molecule has 7 heteroatoms. The Bertz CT molecular complexity index is 513. The number of ether oxygens (including phenoxy) is 1. The zero-order valence-corrected chi connectivity index (χ0v) is 13.2. The van der Waals surface area contributed by atoms with Gasteiger partial charge < -0.3 is 15.2 Å². The van der Waals surface area contributed by atoms with E-state index in [0.29, 0.717) is 28.9 Å². The molecular formula is C14H18Cl2N2O3. The van der Waals surface area contributed by atoms with Crippen molar-refractivity contribution in [2.45, 2.75) is 19.1 Å². The zero-order chi connectivity index (χ0) is 15.4. The first-order chi connectivity index (χ1) is 10.0. The van der Waals surface area contributed by atoms with Gasteiger partial charge in [-0.05, 0) is 19.1 Å². The second kappa shape index (κ2) is 7.42. The monoisotopic (exact) mass is 332 g/mol. The molecule has 1 heterocycles. The first kappa shape index (κ1) is 16.5. The van der Waals surface area contributed by atoms with E-state index in [9.17, 15) is 4.79 Å². The molecule has 1 aliphatic rings. The van der Waals surface area contributed by atoms with Crippen LogP contribution in [0.5, 0.6) is 0 Å². The molecule has 1 aromatic carbocycles. The summed E-state index contributed by atoms with van der Waals surface area (Å²) in [6, 6.07) is 5.21. The van der Waals surface area contributed by atoms with Crippen molar-refractivity contribution in [2.75, 3.05) is 31.6 Å². The molecule has 5 nitrogen and oxygen atoms in total. The smallest absolute Gasteiger partial charge is 0.238 e. The third kappa shape index (κ3) is 4.31. The second-order valence-electron chi connectivity index (χ2n) is 5.07. The minimum Gasteiger partial charge on any atom is -0.394 e. The van der Waals surface area contributed by atoms with E-state index >= 15 is 0 Å². The Labute approximate surface area is 133 Å². The fraction of sp³-hybridized carbons (Fsp3) is 0.500. The van der Waals surface area contributed by atoms with Gasteiger partial charge in [-0.3, -0.25) is 9.69 Å². The van der Waals surface area contributed by atoms with Gasteiger partial charge in [-0.1, -0.05) is 29.3 Å². The third-order valence-corrected chi connectivity index (χ3v) is 4.23. The Morgan fingerprint density at radius 1 is 1.52 bits per heavy atom. The van der Waals surface area contributed by atoms with Crippen molar-refractivity contribution in [3.05, 3.63) is 28.2 Å². The number of aliphatic hydroxyl groups excluding tert-OH is 1. The fourth-order valence-electron chi connectivity index (χ4n) is 2.18. The van der Waals surface area contributed by atoms with Gasteiger partial charge in [0.05, 0.1) is 41.6 Å². The van der Waals surface area contributed by atoms with Crippen LogP contribution in [0.1, 0.15) is 6.92 Å². The summed E-state index contributed by atoms with van der Waals surface area (Å²) in [5.74, 6) is -0.176. The van der Waals surface area contributed by atoms with E-state index in [2.05, 4.69) is 5.32 Å². The maximum atomic E-state index is 12.1. The molecule has 2 rings (SSSR count). The maximum absolute atomic E-state index is 12.1. The van der Waals surface area contributed by atoms with Gasteiger partial charge in [0, 0.05) is 12.6 Å². The zero-order valence-electron chi connectivity index (χ0n) is 11.7. The van der Waals surface area contributed by atoms with Crippen molar-refractivity contribution < 1.29 is 14.6 Å². The lowest BCUT2D eigenvalue weighted by Crippen LogP contribution is -2.51. The van der Waals surface area contributed by atoms with Gasteiger partial charge in [0.25, 0.3) is 0 Å². The molecule has 0 spiro atoms. The van der Waals surface area contributed by atoms with Gasteiger partial charge in [-0.2, -0.15) is 0 Å². The van der Waals surface area contributed by atoms with Crippen molar-refractivity contribution in [1.29, 1.82) is 0 Å². The summed E-state index contributed by atoms with van der Waals surface area (Å²) in [4.78, 5) is 14.1. The number of carbonyl (C=O) groups is 1. The minimum absolute atomic E-state index is 0.0506. The van der Waals surface area contributed by atoms with Crippen LogP contribution in [0, 0.1) is 0 Å². The Balaban J connectivity index is 1.96. The quantitative estimate of drug-likeness (QED) is 0.885. The SMILES string of the molecule is CC1COC(CO)CN1CC(=O)Nc1cccc(Cl)c1Cl. The number of amides is 1. The number of aliphatic hydroxyl groups is 1. The lowest BCUT2D eigenvalue weighted by Gasteiger charge is -2.36. The topological polar surface area (TPSA) is 61.8 Å².